The molecule has 0 fully saturated rings. The number of rotatable bonds is 15. The van der Waals surface area contributed by atoms with Gasteiger partial charge in [0.05, 0.1) is 17.2 Å². The molecule has 0 bridgehead atoms. The van der Waals surface area contributed by atoms with E-state index in [9.17, 15) is 22.4 Å². The highest BCUT2D eigenvalue weighted by Gasteiger charge is 2.33. The van der Waals surface area contributed by atoms with E-state index in [1.165, 1.54) is 17.0 Å². The number of nitrogens with one attached hydrogen (secondary N) is 1. The van der Waals surface area contributed by atoms with Crippen LogP contribution in [0.2, 0.25) is 5.02 Å². The highest BCUT2D eigenvalue weighted by atomic mass is 35.5. The number of unbranched alkanes of at least 4 members (excludes halogenated alkanes) is 1. The van der Waals surface area contributed by atoms with Crippen molar-refractivity contribution in [3.05, 3.63) is 89.2 Å². The maximum Gasteiger partial charge on any atom is 0.264 e. The second-order valence-electron chi connectivity index (χ2n) is 9.61. The summed E-state index contributed by atoms with van der Waals surface area (Å²) in [6, 6.07) is 16.7. The number of carbonyl (C=O) groups is 2. The third-order valence-electron chi connectivity index (χ3n) is 6.60. The second kappa shape index (κ2) is 15.6. The van der Waals surface area contributed by atoms with Gasteiger partial charge in [-0.3, -0.25) is 13.9 Å². The number of hydrogen-bond donors (Lipinski definition) is 1. The molecule has 0 aliphatic heterocycles. The molecule has 0 heterocycles. The molecule has 0 radical (unpaired) electrons. The number of halogens is 2. The first-order valence-electron chi connectivity index (χ1n) is 13.9. The number of ether oxygens (including phenoxy) is 1. The van der Waals surface area contributed by atoms with Crippen molar-refractivity contribution in [2.45, 2.75) is 57.5 Å². The fourth-order valence-corrected chi connectivity index (χ4v) is 5.89. The molecule has 0 saturated heterocycles. The minimum Gasteiger partial charge on any atom is -0.494 e. The summed E-state index contributed by atoms with van der Waals surface area (Å²) >= 11 is 6.06. The van der Waals surface area contributed by atoms with E-state index in [4.69, 9.17) is 16.3 Å². The maximum atomic E-state index is 14.1. The lowest BCUT2D eigenvalue weighted by molar-refractivity contribution is -0.140. The second-order valence-corrected chi connectivity index (χ2v) is 11.9. The number of sulfonamides is 1. The third kappa shape index (κ3) is 8.69. The van der Waals surface area contributed by atoms with E-state index >= 15 is 0 Å². The highest BCUT2D eigenvalue weighted by Crippen LogP contribution is 2.27. The first-order chi connectivity index (χ1) is 20.1. The minimum absolute atomic E-state index is 0.0589. The van der Waals surface area contributed by atoms with Crippen LogP contribution in [0.1, 0.15) is 45.6 Å². The highest BCUT2D eigenvalue weighted by molar-refractivity contribution is 7.92. The van der Waals surface area contributed by atoms with E-state index in [2.05, 4.69) is 5.32 Å². The summed E-state index contributed by atoms with van der Waals surface area (Å²) in [6.07, 6.45) is 1.99. The van der Waals surface area contributed by atoms with Crippen LogP contribution in [0.4, 0.5) is 10.1 Å². The minimum atomic E-state index is -4.31. The zero-order valence-corrected chi connectivity index (χ0v) is 25.6. The van der Waals surface area contributed by atoms with Crippen LogP contribution in [0, 0.1) is 5.82 Å². The average Bonchev–Trinajstić information content (AvgIpc) is 2.97. The molecular weight excluding hydrogens is 581 g/mol. The quantitative estimate of drug-likeness (QED) is 0.218. The van der Waals surface area contributed by atoms with Gasteiger partial charge in [0.2, 0.25) is 11.8 Å². The van der Waals surface area contributed by atoms with Crippen molar-refractivity contribution in [2.24, 2.45) is 0 Å². The van der Waals surface area contributed by atoms with Crippen LogP contribution in [-0.4, -0.2) is 50.9 Å². The summed E-state index contributed by atoms with van der Waals surface area (Å²) in [5.74, 6) is -0.957. The third-order valence-corrected chi connectivity index (χ3v) is 8.64. The van der Waals surface area contributed by atoms with Crippen molar-refractivity contribution in [2.75, 3.05) is 24.0 Å². The van der Waals surface area contributed by atoms with E-state index < -0.39 is 34.3 Å². The molecule has 8 nitrogen and oxygen atoms in total. The lowest BCUT2D eigenvalue weighted by atomic mass is 10.1. The van der Waals surface area contributed by atoms with Crippen molar-refractivity contribution in [1.29, 1.82) is 0 Å². The van der Waals surface area contributed by atoms with E-state index in [0.717, 1.165) is 47.0 Å². The smallest absolute Gasteiger partial charge is 0.264 e. The normalized spacial score (nSPS) is 11.9. The van der Waals surface area contributed by atoms with Crippen molar-refractivity contribution < 1.29 is 27.1 Å². The van der Waals surface area contributed by atoms with Gasteiger partial charge in [0.1, 0.15) is 24.2 Å². The Bertz CT molecular complexity index is 1420. The molecule has 1 N–H and O–H groups in total. The van der Waals surface area contributed by atoms with Crippen LogP contribution in [0.25, 0.3) is 0 Å². The summed E-state index contributed by atoms with van der Waals surface area (Å²) in [7, 11) is -4.31. The Kier molecular flexibility index (Phi) is 12.2. The fourth-order valence-electron chi connectivity index (χ4n) is 4.35. The van der Waals surface area contributed by atoms with Crippen molar-refractivity contribution >= 4 is 39.1 Å². The van der Waals surface area contributed by atoms with Gasteiger partial charge in [0, 0.05) is 18.1 Å². The summed E-state index contributed by atoms with van der Waals surface area (Å²) in [4.78, 5) is 28.5. The molecule has 0 saturated carbocycles. The Labute approximate surface area is 252 Å². The van der Waals surface area contributed by atoms with Crippen LogP contribution in [0.3, 0.4) is 0 Å². The zero-order chi connectivity index (χ0) is 30.7. The molecule has 3 aromatic carbocycles. The Morgan fingerprint density at radius 3 is 2.17 bits per heavy atom. The van der Waals surface area contributed by atoms with E-state index in [-0.39, 0.29) is 23.0 Å². The van der Waals surface area contributed by atoms with Gasteiger partial charge < -0.3 is 15.0 Å². The van der Waals surface area contributed by atoms with E-state index in [1.807, 2.05) is 13.8 Å². The molecule has 11 heteroatoms. The van der Waals surface area contributed by atoms with Crippen LogP contribution in [0.5, 0.6) is 5.75 Å². The van der Waals surface area contributed by atoms with Crippen LogP contribution < -0.4 is 14.4 Å². The SMILES string of the molecule is CCCCNC(=O)[C@H](CC)N(Cc1ccc(Cl)cc1)C(=O)CN(c1ccc(OCC)cc1)S(=O)(=O)c1ccc(F)cc1. The van der Waals surface area contributed by atoms with Gasteiger partial charge in [-0.2, -0.15) is 0 Å². The number of hydrogen-bond acceptors (Lipinski definition) is 5. The Morgan fingerprint density at radius 1 is 0.952 bits per heavy atom. The summed E-state index contributed by atoms with van der Waals surface area (Å²) in [5.41, 5.74) is 0.935. The molecule has 0 aromatic heterocycles. The van der Waals surface area contributed by atoms with Gasteiger partial charge in [0.15, 0.2) is 0 Å². The molecule has 42 heavy (non-hydrogen) atoms. The summed E-state index contributed by atoms with van der Waals surface area (Å²) in [6.45, 7) is 5.99. The molecule has 0 spiro atoms. The predicted octanol–water partition coefficient (Wildman–Crippen LogP) is 5.80. The van der Waals surface area contributed by atoms with Gasteiger partial charge >= 0.3 is 0 Å². The topological polar surface area (TPSA) is 96.0 Å². The standard InChI is InChI=1S/C31H37ClFN3O5S/c1-4-7-20-34-31(38)29(5-2)35(21-23-8-10-24(32)11-9-23)30(37)22-36(26-14-16-27(17-15-26)41-6-3)42(39,40)28-18-12-25(33)13-19-28/h8-19,29H,4-7,20-22H2,1-3H3,(H,34,38)/t29-/m0/s1. The summed E-state index contributed by atoms with van der Waals surface area (Å²) in [5, 5.41) is 3.42. The lowest BCUT2D eigenvalue weighted by Crippen LogP contribution is -2.52. The largest absolute Gasteiger partial charge is 0.494 e. The Morgan fingerprint density at radius 2 is 1.60 bits per heavy atom. The Balaban J connectivity index is 2.03. The summed E-state index contributed by atoms with van der Waals surface area (Å²) < 4.78 is 47.8. The number of benzene rings is 3. The van der Waals surface area contributed by atoms with Gasteiger partial charge in [-0.15, -0.1) is 0 Å². The molecule has 2 amide bonds. The maximum absolute atomic E-state index is 14.1. The monoisotopic (exact) mass is 617 g/mol. The van der Waals surface area contributed by atoms with Crippen molar-refractivity contribution in [3.8, 4) is 5.75 Å². The first-order valence-corrected chi connectivity index (χ1v) is 15.7. The van der Waals surface area contributed by atoms with E-state index in [1.54, 1.807) is 43.3 Å². The van der Waals surface area contributed by atoms with Gasteiger partial charge in [0.25, 0.3) is 10.0 Å². The molecular formula is C31H37ClFN3O5S. The van der Waals surface area contributed by atoms with E-state index in [0.29, 0.717) is 30.3 Å². The predicted molar refractivity (Wildman–Crippen MR) is 163 cm³/mol. The first kappa shape index (κ1) is 32.9. The molecule has 3 rings (SSSR count). The number of carbonyl (C=O) groups excluding carboxylic acids is 2. The van der Waals surface area contributed by atoms with Gasteiger partial charge in [-0.25, -0.2) is 12.8 Å². The van der Waals surface area contributed by atoms with Gasteiger partial charge in [-0.05, 0) is 86.0 Å². The van der Waals surface area contributed by atoms with Crippen LogP contribution in [-0.2, 0) is 26.2 Å². The number of nitrogens with zero attached hydrogens (tertiary/aromatic N) is 2. The molecule has 1 atom stereocenters. The molecule has 0 aliphatic rings. The number of anilines is 1. The molecule has 0 aliphatic carbocycles. The Hall–Kier alpha value is -3.63. The van der Waals surface area contributed by atoms with Crippen LogP contribution >= 0.6 is 11.6 Å². The van der Waals surface area contributed by atoms with Gasteiger partial charge in [-0.1, -0.05) is 44.0 Å². The molecule has 0 unspecified atom stereocenters. The lowest BCUT2D eigenvalue weighted by Gasteiger charge is -2.33. The average molecular weight is 618 g/mol. The van der Waals surface area contributed by atoms with Crippen molar-refractivity contribution in [3.63, 3.8) is 0 Å². The fraction of sp³-hybridized carbons (Fsp3) is 0.355. The number of amides is 2. The van der Waals surface area contributed by atoms with Crippen LogP contribution in [0.15, 0.2) is 77.7 Å². The van der Waals surface area contributed by atoms with Crippen molar-refractivity contribution in [1.82, 2.24) is 10.2 Å². The molecule has 3 aromatic rings. The molecule has 226 valence electrons. The zero-order valence-electron chi connectivity index (χ0n) is 24.1.